The molecule has 4 nitrogen and oxygen atoms in total. The summed E-state index contributed by atoms with van der Waals surface area (Å²) in [4.78, 5) is 4.31. The molecule has 21 heavy (non-hydrogen) atoms. The third-order valence-electron chi connectivity index (χ3n) is 4.15. The Kier molecular flexibility index (Phi) is 3.61. The van der Waals surface area contributed by atoms with Gasteiger partial charge < -0.3 is 10.3 Å². The lowest BCUT2D eigenvalue weighted by atomic mass is 9.83. The minimum absolute atomic E-state index is 0.0846. The molecule has 6 heteroatoms. The molecular weight excluding hydrogens is 276 g/mol. The third-order valence-corrected chi connectivity index (χ3v) is 4.15. The van der Waals surface area contributed by atoms with Crippen molar-refractivity contribution in [2.24, 2.45) is 5.92 Å². The van der Waals surface area contributed by atoms with E-state index in [-0.39, 0.29) is 23.1 Å². The maximum Gasteiger partial charge on any atom is 0.260 e. The zero-order valence-corrected chi connectivity index (χ0v) is 11.8. The van der Waals surface area contributed by atoms with Crippen LogP contribution in [-0.4, -0.2) is 10.1 Å². The van der Waals surface area contributed by atoms with Crippen molar-refractivity contribution in [1.82, 2.24) is 10.1 Å². The molecule has 0 bridgehead atoms. The highest BCUT2D eigenvalue weighted by molar-refractivity contribution is 5.70. The number of anilines is 1. The van der Waals surface area contributed by atoms with Crippen molar-refractivity contribution in [2.75, 3.05) is 5.73 Å². The predicted molar refractivity (Wildman–Crippen MR) is 74.4 cm³/mol. The Morgan fingerprint density at radius 3 is 2.52 bits per heavy atom. The summed E-state index contributed by atoms with van der Waals surface area (Å²) in [5.74, 6) is -0.205. The van der Waals surface area contributed by atoms with Gasteiger partial charge >= 0.3 is 0 Å². The Morgan fingerprint density at radius 2 is 1.81 bits per heavy atom. The van der Waals surface area contributed by atoms with Crippen molar-refractivity contribution in [2.45, 2.75) is 38.5 Å². The normalized spacial score (nSPS) is 22.4. The first kappa shape index (κ1) is 14.0. The summed E-state index contributed by atoms with van der Waals surface area (Å²) < 4.78 is 31.6. The van der Waals surface area contributed by atoms with Gasteiger partial charge in [-0.15, -0.1) is 0 Å². The van der Waals surface area contributed by atoms with E-state index in [0.29, 0.717) is 5.82 Å². The first-order valence-corrected chi connectivity index (χ1v) is 7.13. The van der Waals surface area contributed by atoms with Gasteiger partial charge in [-0.05, 0) is 24.8 Å². The zero-order chi connectivity index (χ0) is 15.0. The quantitative estimate of drug-likeness (QED) is 0.853. The monoisotopic (exact) mass is 293 g/mol. The van der Waals surface area contributed by atoms with E-state index in [4.69, 9.17) is 10.3 Å². The van der Waals surface area contributed by atoms with Gasteiger partial charge in [0.25, 0.3) is 5.89 Å². The van der Waals surface area contributed by atoms with E-state index >= 15 is 0 Å². The fourth-order valence-electron chi connectivity index (χ4n) is 2.78. The third kappa shape index (κ3) is 2.75. The predicted octanol–water partition coefficient (Wildman–Crippen LogP) is 3.89. The van der Waals surface area contributed by atoms with Crippen LogP contribution in [0.1, 0.15) is 44.3 Å². The minimum atomic E-state index is -0.989. The summed E-state index contributed by atoms with van der Waals surface area (Å²) in [7, 11) is 0. The molecule has 0 atom stereocenters. The highest BCUT2D eigenvalue weighted by atomic mass is 19.2. The number of nitrogens with two attached hydrogens (primary N) is 1. The van der Waals surface area contributed by atoms with Crippen LogP contribution in [0.15, 0.2) is 16.7 Å². The molecule has 0 amide bonds. The SMILES string of the molecule is CC1CCC(c2noc(-c3cc(F)c(F)cc3N)n2)CC1. The van der Waals surface area contributed by atoms with Crippen LogP contribution in [-0.2, 0) is 0 Å². The maximum absolute atomic E-state index is 13.3. The Bertz CT molecular complexity index is 648. The van der Waals surface area contributed by atoms with E-state index in [1.807, 2.05) is 0 Å². The van der Waals surface area contributed by atoms with Gasteiger partial charge in [-0.25, -0.2) is 8.78 Å². The molecule has 1 aromatic heterocycles. The number of hydrogen-bond donors (Lipinski definition) is 1. The number of nitrogen functional groups attached to an aromatic ring is 1. The minimum Gasteiger partial charge on any atom is -0.398 e. The number of rotatable bonds is 2. The molecule has 2 N–H and O–H groups in total. The van der Waals surface area contributed by atoms with Crippen molar-refractivity contribution < 1.29 is 13.3 Å². The van der Waals surface area contributed by atoms with Gasteiger partial charge in [0, 0.05) is 17.7 Å². The van der Waals surface area contributed by atoms with E-state index in [9.17, 15) is 8.78 Å². The molecule has 1 aromatic carbocycles. The molecule has 1 heterocycles. The van der Waals surface area contributed by atoms with Crippen LogP contribution < -0.4 is 5.73 Å². The van der Waals surface area contributed by atoms with E-state index < -0.39 is 11.6 Å². The molecule has 0 saturated heterocycles. The largest absolute Gasteiger partial charge is 0.398 e. The van der Waals surface area contributed by atoms with Gasteiger partial charge in [0.1, 0.15) is 0 Å². The molecular formula is C15H17F2N3O. The van der Waals surface area contributed by atoms with E-state index in [2.05, 4.69) is 17.1 Å². The number of aromatic nitrogens is 2. The Morgan fingerprint density at radius 1 is 1.14 bits per heavy atom. The van der Waals surface area contributed by atoms with Gasteiger partial charge in [0.15, 0.2) is 17.5 Å². The molecule has 0 aliphatic heterocycles. The van der Waals surface area contributed by atoms with Gasteiger partial charge in [-0.1, -0.05) is 24.9 Å². The van der Waals surface area contributed by atoms with Gasteiger partial charge in [-0.2, -0.15) is 4.98 Å². The molecule has 1 aliphatic carbocycles. The van der Waals surface area contributed by atoms with Crippen LogP contribution >= 0.6 is 0 Å². The zero-order valence-electron chi connectivity index (χ0n) is 11.8. The molecule has 0 unspecified atom stereocenters. The molecule has 1 aliphatic rings. The summed E-state index contributed by atoms with van der Waals surface area (Å²) in [5, 5.41) is 3.98. The summed E-state index contributed by atoms with van der Waals surface area (Å²) in [6.45, 7) is 2.24. The van der Waals surface area contributed by atoms with E-state index in [0.717, 1.165) is 43.7 Å². The summed E-state index contributed by atoms with van der Waals surface area (Å²) in [5.41, 5.74) is 6.01. The lowest BCUT2D eigenvalue weighted by Crippen LogP contribution is -2.11. The van der Waals surface area contributed by atoms with Crippen LogP contribution in [0.3, 0.4) is 0 Å². The molecule has 1 fully saturated rings. The van der Waals surface area contributed by atoms with E-state index in [1.54, 1.807) is 0 Å². The highest BCUT2D eigenvalue weighted by Crippen LogP contribution is 2.35. The topological polar surface area (TPSA) is 64.9 Å². The Hall–Kier alpha value is -1.98. The maximum atomic E-state index is 13.3. The molecule has 2 aromatic rings. The van der Waals surface area contributed by atoms with Crippen molar-refractivity contribution >= 4 is 5.69 Å². The lowest BCUT2D eigenvalue weighted by Gasteiger charge is -2.23. The van der Waals surface area contributed by atoms with Gasteiger partial charge in [-0.3, -0.25) is 0 Å². The highest BCUT2D eigenvalue weighted by Gasteiger charge is 2.25. The van der Waals surface area contributed by atoms with Gasteiger partial charge in [0.05, 0.1) is 5.56 Å². The Balaban J connectivity index is 1.87. The fraction of sp³-hybridized carbons (Fsp3) is 0.467. The number of nitrogens with zero attached hydrogens (tertiary/aromatic N) is 2. The van der Waals surface area contributed by atoms with E-state index in [1.165, 1.54) is 0 Å². The summed E-state index contributed by atoms with van der Waals surface area (Å²) >= 11 is 0. The fourth-order valence-corrected chi connectivity index (χ4v) is 2.78. The second kappa shape index (κ2) is 5.42. The van der Waals surface area contributed by atoms with Crippen molar-refractivity contribution in [3.63, 3.8) is 0 Å². The van der Waals surface area contributed by atoms with Crippen LogP contribution in [0.2, 0.25) is 0 Å². The number of hydrogen-bond acceptors (Lipinski definition) is 4. The summed E-state index contributed by atoms with van der Waals surface area (Å²) in [6.07, 6.45) is 4.32. The average molecular weight is 293 g/mol. The lowest BCUT2D eigenvalue weighted by molar-refractivity contribution is 0.329. The Labute approximate surface area is 121 Å². The first-order valence-electron chi connectivity index (χ1n) is 7.13. The van der Waals surface area contributed by atoms with Crippen molar-refractivity contribution in [3.8, 4) is 11.5 Å². The smallest absolute Gasteiger partial charge is 0.260 e. The van der Waals surface area contributed by atoms with Crippen LogP contribution in [0.5, 0.6) is 0 Å². The standard InChI is InChI=1S/C15H17F2N3O/c1-8-2-4-9(5-3-8)14-19-15(21-20-14)10-6-11(16)12(17)7-13(10)18/h6-9H,2-5,18H2,1H3. The van der Waals surface area contributed by atoms with Crippen molar-refractivity contribution in [3.05, 3.63) is 29.6 Å². The molecule has 0 spiro atoms. The van der Waals surface area contributed by atoms with Crippen molar-refractivity contribution in [1.29, 1.82) is 0 Å². The van der Waals surface area contributed by atoms with Gasteiger partial charge in [0.2, 0.25) is 0 Å². The first-order chi connectivity index (χ1) is 10.0. The van der Waals surface area contributed by atoms with Crippen LogP contribution in [0.25, 0.3) is 11.5 Å². The van der Waals surface area contributed by atoms with Crippen LogP contribution in [0, 0.1) is 17.6 Å². The summed E-state index contributed by atoms with van der Waals surface area (Å²) in [6, 6.07) is 1.92. The molecule has 3 rings (SSSR count). The second-order valence-electron chi connectivity index (χ2n) is 5.77. The van der Waals surface area contributed by atoms with Crippen LogP contribution in [0.4, 0.5) is 14.5 Å². The molecule has 112 valence electrons. The number of halogens is 2. The molecule has 0 radical (unpaired) electrons. The molecule has 1 saturated carbocycles. The second-order valence-corrected chi connectivity index (χ2v) is 5.77. The number of benzene rings is 1. The average Bonchev–Trinajstić information content (AvgIpc) is 2.93.